The fraction of sp³-hybridized carbons (Fsp3) is 0.350. The van der Waals surface area contributed by atoms with Gasteiger partial charge in [0.1, 0.15) is 4.34 Å². The molecule has 0 radical (unpaired) electrons. The van der Waals surface area contributed by atoms with E-state index >= 15 is 0 Å². The summed E-state index contributed by atoms with van der Waals surface area (Å²) in [7, 11) is 0. The van der Waals surface area contributed by atoms with Gasteiger partial charge in [-0.25, -0.2) is 13.2 Å². The first-order valence-corrected chi connectivity index (χ1v) is 10.2. The summed E-state index contributed by atoms with van der Waals surface area (Å²) in [5.74, 6) is 4.34. The van der Waals surface area contributed by atoms with E-state index in [0.717, 1.165) is 23.6 Å². The second-order valence-corrected chi connectivity index (χ2v) is 8.41. The van der Waals surface area contributed by atoms with Crippen molar-refractivity contribution in [1.82, 2.24) is 9.88 Å². The number of nitrogens with zero attached hydrogens (tertiary/aromatic N) is 1. The van der Waals surface area contributed by atoms with Crippen LogP contribution in [-0.2, 0) is 17.8 Å². The molecule has 1 atom stereocenters. The molecular formula is C20H16ClF3N2O3S. The molecule has 2 aromatic heterocycles. The largest absolute Gasteiger partial charge is 0.355 e. The van der Waals surface area contributed by atoms with Gasteiger partial charge in [-0.05, 0) is 24.1 Å². The summed E-state index contributed by atoms with van der Waals surface area (Å²) in [6.07, 6.45) is -0.999. The first-order valence-electron chi connectivity index (χ1n) is 9.00. The molecule has 0 spiro atoms. The summed E-state index contributed by atoms with van der Waals surface area (Å²) in [6, 6.07) is 2.39. The molecule has 0 bridgehead atoms. The molecule has 158 valence electrons. The molecular weight excluding hydrogens is 441 g/mol. The highest BCUT2D eigenvalue weighted by molar-refractivity contribution is 7.18. The summed E-state index contributed by atoms with van der Waals surface area (Å²) < 4.78 is 39.8. The van der Waals surface area contributed by atoms with Crippen LogP contribution in [0.25, 0.3) is 0 Å². The van der Waals surface area contributed by atoms with Crippen molar-refractivity contribution in [1.29, 1.82) is 0 Å². The van der Waals surface area contributed by atoms with E-state index in [1.807, 2.05) is 0 Å². The van der Waals surface area contributed by atoms with Crippen molar-refractivity contribution >= 4 is 34.6 Å². The molecule has 10 heteroatoms. The third kappa shape index (κ3) is 5.52. The molecule has 1 aliphatic heterocycles. The van der Waals surface area contributed by atoms with E-state index < -0.39 is 30.1 Å². The quantitative estimate of drug-likeness (QED) is 0.554. The van der Waals surface area contributed by atoms with E-state index in [-0.39, 0.29) is 28.7 Å². The number of thiophene rings is 1. The molecule has 0 saturated carbocycles. The van der Waals surface area contributed by atoms with Crippen molar-refractivity contribution in [3.8, 4) is 11.8 Å². The van der Waals surface area contributed by atoms with Crippen LogP contribution in [0.1, 0.15) is 33.6 Å². The summed E-state index contributed by atoms with van der Waals surface area (Å²) in [6.45, 7) is -0.497. The summed E-state index contributed by atoms with van der Waals surface area (Å²) in [5, 5.41) is 2.73. The lowest BCUT2D eigenvalue weighted by Gasteiger charge is -2.16. The smallest absolute Gasteiger partial charge is 0.286 e. The minimum atomic E-state index is -2.83. The van der Waals surface area contributed by atoms with Gasteiger partial charge in [-0.1, -0.05) is 23.4 Å². The van der Waals surface area contributed by atoms with Crippen LogP contribution < -0.4 is 10.9 Å². The lowest BCUT2D eigenvalue weighted by atomic mass is 9.99. The van der Waals surface area contributed by atoms with E-state index in [4.69, 9.17) is 11.6 Å². The first-order chi connectivity index (χ1) is 14.2. The lowest BCUT2D eigenvalue weighted by molar-refractivity contribution is -0.122. The van der Waals surface area contributed by atoms with Gasteiger partial charge in [-0.2, -0.15) is 0 Å². The molecule has 1 amide bonds. The second-order valence-electron chi connectivity index (χ2n) is 6.75. The van der Waals surface area contributed by atoms with Gasteiger partial charge in [0.05, 0.1) is 17.0 Å². The zero-order chi connectivity index (χ0) is 21.8. The molecule has 3 rings (SSSR count). The van der Waals surface area contributed by atoms with Gasteiger partial charge < -0.3 is 9.88 Å². The molecule has 3 heterocycles. The predicted molar refractivity (Wildman–Crippen MR) is 107 cm³/mol. The van der Waals surface area contributed by atoms with Crippen molar-refractivity contribution in [3.05, 3.63) is 54.8 Å². The number of ketones is 1. The average molecular weight is 457 g/mol. The summed E-state index contributed by atoms with van der Waals surface area (Å²) >= 11 is 7.18. The molecule has 1 fully saturated rings. The van der Waals surface area contributed by atoms with Crippen LogP contribution in [0.2, 0.25) is 4.34 Å². The third-order valence-electron chi connectivity index (χ3n) is 4.44. The SMILES string of the molecule is O=C1CCC(C#Cc2cc(C(=O)Cc3cc(F)c(=O)n(CC(F)F)c3)sc2Cl)CN1. The Morgan fingerprint density at radius 1 is 1.37 bits per heavy atom. The number of pyridine rings is 1. The van der Waals surface area contributed by atoms with E-state index in [1.54, 1.807) is 0 Å². The number of rotatable bonds is 5. The molecule has 1 aliphatic rings. The van der Waals surface area contributed by atoms with Gasteiger partial charge in [0, 0.05) is 31.5 Å². The molecule has 5 nitrogen and oxygen atoms in total. The fourth-order valence-corrected chi connectivity index (χ4v) is 4.07. The van der Waals surface area contributed by atoms with Crippen molar-refractivity contribution in [2.24, 2.45) is 5.92 Å². The highest BCUT2D eigenvalue weighted by atomic mass is 35.5. The number of Topliss-reactive ketones (excluding diaryl/α,β-unsaturated/α-hetero) is 1. The zero-order valence-electron chi connectivity index (χ0n) is 15.5. The number of hydrogen-bond donors (Lipinski definition) is 1. The first kappa shape index (κ1) is 22.1. The highest BCUT2D eigenvalue weighted by Crippen LogP contribution is 2.28. The fourth-order valence-electron chi connectivity index (χ4n) is 2.94. The van der Waals surface area contributed by atoms with Gasteiger partial charge in [0.2, 0.25) is 5.91 Å². The molecule has 0 aromatic carbocycles. The van der Waals surface area contributed by atoms with Crippen LogP contribution in [0.15, 0.2) is 23.1 Å². The Kier molecular flexibility index (Phi) is 7.00. The normalized spacial score (nSPS) is 16.2. The number of amides is 1. The van der Waals surface area contributed by atoms with Crippen LogP contribution in [0.5, 0.6) is 0 Å². The van der Waals surface area contributed by atoms with Crippen LogP contribution in [0.3, 0.4) is 0 Å². The Balaban J connectivity index is 1.74. The highest BCUT2D eigenvalue weighted by Gasteiger charge is 2.18. The van der Waals surface area contributed by atoms with Crippen LogP contribution in [0, 0.1) is 23.6 Å². The van der Waals surface area contributed by atoms with Gasteiger partial charge in [-0.3, -0.25) is 14.4 Å². The summed E-state index contributed by atoms with van der Waals surface area (Å²) in [4.78, 5) is 35.6. The standard InChI is InChI=1S/C20H16ClF3N2O3S/c21-19-13(3-1-11-2-4-18(28)25-8-11)7-16(30-19)15(27)6-12-5-14(22)20(29)26(9-12)10-17(23)24/h5,7,9,11,17H,2,4,6,8,10H2,(H,25,28). The number of alkyl halides is 2. The number of piperidine rings is 1. The minimum absolute atomic E-state index is 0.00307. The monoisotopic (exact) mass is 456 g/mol. The van der Waals surface area contributed by atoms with Gasteiger partial charge >= 0.3 is 0 Å². The van der Waals surface area contributed by atoms with Gasteiger partial charge in [-0.15, -0.1) is 11.3 Å². The van der Waals surface area contributed by atoms with Crippen LogP contribution in [-0.4, -0.2) is 29.2 Å². The van der Waals surface area contributed by atoms with Crippen molar-refractivity contribution < 1.29 is 22.8 Å². The number of carbonyl (C=O) groups excluding carboxylic acids is 2. The van der Waals surface area contributed by atoms with E-state index in [2.05, 4.69) is 17.2 Å². The number of carbonyl (C=O) groups is 2. The Labute approximate surface area is 178 Å². The Morgan fingerprint density at radius 2 is 2.13 bits per heavy atom. The third-order valence-corrected chi connectivity index (χ3v) is 5.84. The maximum atomic E-state index is 13.8. The number of hydrogen-bond acceptors (Lipinski definition) is 4. The zero-order valence-corrected chi connectivity index (χ0v) is 17.1. The van der Waals surface area contributed by atoms with E-state index in [0.29, 0.717) is 33.9 Å². The molecule has 30 heavy (non-hydrogen) atoms. The Morgan fingerprint density at radius 3 is 2.80 bits per heavy atom. The molecule has 0 aliphatic carbocycles. The molecule has 1 saturated heterocycles. The van der Waals surface area contributed by atoms with Crippen molar-refractivity contribution in [2.75, 3.05) is 6.54 Å². The predicted octanol–water partition coefficient (Wildman–Crippen LogP) is 3.27. The van der Waals surface area contributed by atoms with Crippen LogP contribution in [0.4, 0.5) is 13.2 Å². The maximum absolute atomic E-state index is 13.8. The van der Waals surface area contributed by atoms with Crippen molar-refractivity contribution in [3.63, 3.8) is 0 Å². The van der Waals surface area contributed by atoms with Crippen LogP contribution >= 0.6 is 22.9 Å². The number of nitrogens with one attached hydrogen (secondary N) is 1. The lowest BCUT2D eigenvalue weighted by Crippen LogP contribution is -2.34. The molecule has 2 aromatic rings. The average Bonchev–Trinajstić information content (AvgIpc) is 3.06. The Bertz CT molecular complexity index is 1090. The van der Waals surface area contributed by atoms with E-state index in [1.165, 1.54) is 6.07 Å². The van der Waals surface area contributed by atoms with Gasteiger partial charge in [0.15, 0.2) is 11.6 Å². The van der Waals surface area contributed by atoms with E-state index in [9.17, 15) is 27.6 Å². The number of halogens is 4. The second kappa shape index (κ2) is 9.49. The molecule has 1 unspecified atom stereocenters. The summed E-state index contributed by atoms with van der Waals surface area (Å²) in [5.41, 5.74) is -0.592. The number of aromatic nitrogens is 1. The maximum Gasteiger partial charge on any atom is 0.286 e. The van der Waals surface area contributed by atoms with Gasteiger partial charge in [0.25, 0.3) is 12.0 Å². The molecule has 1 N–H and O–H groups in total. The Hall–Kier alpha value is -2.57. The minimum Gasteiger partial charge on any atom is -0.355 e. The van der Waals surface area contributed by atoms with Crippen molar-refractivity contribution in [2.45, 2.75) is 32.2 Å². The topological polar surface area (TPSA) is 68.2 Å².